The van der Waals surface area contributed by atoms with Crippen LogP contribution in [0.3, 0.4) is 0 Å². The lowest BCUT2D eigenvalue weighted by Crippen LogP contribution is -2.15. The molecule has 0 aliphatic rings. The number of hydrogen-bond acceptors (Lipinski definition) is 4. The van der Waals surface area contributed by atoms with E-state index in [1.54, 1.807) is 12.1 Å². The molecule has 3 aromatic rings. The summed E-state index contributed by atoms with van der Waals surface area (Å²) in [4.78, 5) is 23.4. The van der Waals surface area contributed by atoms with Crippen LogP contribution < -0.4 is 10.6 Å². The molecule has 0 heterocycles. The lowest BCUT2D eigenvalue weighted by atomic mass is 10.1. The Labute approximate surface area is 157 Å². The molecule has 6 heteroatoms. The molecule has 136 valence electrons. The van der Waals surface area contributed by atoms with Crippen LogP contribution in [-0.4, -0.2) is 10.8 Å². The van der Waals surface area contributed by atoms with Gasteiger partial charge >= 0.3 is 0 Å². The third kappa shape index (κ3) is 4.70. The molecular formula is C21H19N3O3. The second-order valence-corrected chi connectivity index (χ2v) is 6.15. The zero-order valence-corrected chi connectivity index (χ0v) is 14.8. The number of carbonyl (C=O) groups excluding carboxylic acids is 1. The summed E-state index contributed by atoms with van der Waals surface area (Å²) in [6.45, 7) is 2.43. The number of nitro benzene ring substituents is 1. The van der Waals surface area contributed by atoms with Crippen molar-refractivity contribution < 1.29 is 9.72 Å². The maximum atomic E-state index is 12.8. The van der Waals surface area contributed by atoms with Gasteiger partial charge in [-0.25, -0.2) is 0 Å². The van der Waals surface area contributed by atoms with Crippen LogP contribution in [0.15, 0.2) is 72.8 Å². The monoisotopic (exact) mass is 361 g/mol. The van der Waals surface area contributed by atoms with Crippen molar-refractivity contribution >= 4 is 23.0 Å². The molecule has 0 fully saturated rings. The predicted octanol–water partition coefficient (Wildman–Crippen LogP) is 4.77. The molecule has 1 amide bonds. The van der Waals surface area contributed by atoms with Crippen LogP contribution in [0.1, 0.15) is 21.5 Å². The Hall–Kier alpha value is -3.67. The molecule has 0 aliphatic heterocycles. The smallest absolute Gasteiger partial charge is 0.270 e. The highest BCUT2D eigenvalue weighted by Crippen LogP contribution is 2.24. The Morgan fingerprint density at radius 2 is 1.78 bits per heavy atom. The molecular weight excluding hydrogens is 342 g/mol. The third-order valence-corrected chi connectivity index (χ3v) is 4.06. The largest absolute Gasteiger partial charge is 0.380 e. The summed E-state index contributed by atoms with van der Waals surface area (Å²) >= 11 is 0. The second-order valence-electron chi connectivity index (χ2n) is 6.15. The summed E-state index contributed by atoms with van der Waals surface area (Å²) in [5.74, 6) is -0.403. The summed E-state index contributed by atoms with van der Waals surface area (Å²) in [5.41, 5.74) is 3.32. The Morgan fingerprint density at radius 1 is 1.00 bits per heavy atom. The van der Waals surface area contributed by atoms with Gasteiger partial charge < -0.3 is 10.6 Å². The van der Waals surface area contributed by atoms with Crippen LogP contribution in [0.4, 0.5) is 17.1 Å². The van der Waals surface area contributed by atoms with Gasteiger partial charge in [0.15, 0.2) is 0 Å². The maximum absolute atomic E-state index is 12.8. The van der Waals surface area contributed by atoms with Gasteiger partial charge in [0, 0.05) is 30.1 Å². The van der Waals surface area contributed by atoms with Gasteiger partial charge in [0.2, 0.25) is 0 Å². The number of benzene rings is 3. The first-order chi connectivity index (χ1) is 13.0. The Morgan fingerprint density at radius 3 is 2.48 bits per heavy atom. The molecule has 0 saturated carbocycles. The van der Waals surface area contributed by atoms with Crippen LogP contribution in [0.25, 0.3) is 0 Å². The summed E-state index contributed by atoms with van der Waals surface area (Å²) in [5, 5.41) is 17.1. The summed E-state index contributed by atoms with van der Waals surface area (Å²) < 4.78 is 0. The number of nitro groups is 1. The molecule has 0 bridgehead atoms. The average Bonchev–Trinajstić information content (AvgIpc) is 2.67. The molecule has 0 saturated heterocycles. The standard InChI is InChI=1S/C21H19N3O3/c1-15-6-5-9-17(12-15)23-21(25)19-13-18(24(26)27)10-11-20(19)22-14-16-7-3-2-4-8-16/h2-13,22H,14H2,1H3,(H,23,25). The maximum Gasteiger partial charge on any atom is 0.270 e. The van der Waals surface area contributed by atoms with Crippen molar-refractivity contribution in [3.63, 3.8) is 0 Å². The number of nitrogens with one attached hydrogen (secondary N) is 2. The fourth-order valence-corrected chi connectivity index (χ4v) is 2.70. The van der Waals surface area contributed by atoms with Crippen molar-refractivity contribution in [3.8, 4) is 0 Å². The van der Waals surface area contributed by atoms with Gasteiger partial charge in [-0.1, -0.05) is 42.5 Å². The summed E-state index contributed by atoms with van der Waals surface area (Å²) in [6.07, 6.45) is 0. The zero-order valence-electron chi connectivity index (χ0n) is 14.8. The first-order valence-corrected chi connectivity index (χ1v) is 8.47. The molecule has 6 nitrogen and oxygen atoms in total. The number of hydrogen-bond donors (Lipinski definition) is 2. The van der Waals surface area contributed by atoms with Crippen molar-refractivity contribution in [2.45, 2.75) is 13.5 Å². The molecule has 3 rings (SSSR count). The number of amides is 1. The lowest BCUT2D eigenvalue weighted by molar-refractivity contribution is -0.384. The van der Waals surface area contributed by atoms with E-state index in [-0.39, 0.29) is 11.3 Å². The highest BCUT2D eigenvalue weighted by atomic mass is 16.6. The van der Waals surface area contributed by atoms with E-state index in [0.29, 0.717) is 17.9 Å². The van der Waals surface area contributed by atoms with Crippen LogP contribution in [0.5, 0.6) is 0 Å². The van der Waals surface area contributed by atoms with E-state index < -0.39 is 10.8 Å². The van der Waals surface area contributed by atoms with Crippen LogP contribution in [0.2, 0.25) is 0 Å². The van der Waals surface area contributed by atoms with Crippen molar-refractivity contribution in [1.82, 2.24) is 0 Å². The topological polar surface area (TPSA) is 84.3 Å². The van der Waals surface area contributed by atoms with Gasteiger partial charge in [-0.05, 0) is 36.2 Å². The molecule has 0 spiro atoms. The Bertz CT molecular complexity index is 971. The van der Waals surface area contributed by atoms with E-state index in [1.807, 2.05) is 55.5 Å². The van der Waals surface area contributed by atoms with Crippen molar-refractivity contribution in [2.75, 3.05) is 10.6 Å². The van der Waals surface area contributed by atoms with Crippen molar-refractivity contribution in [1.29, 1.82) is 0 Å². The minimum Gasteiger partial charge on any atom is -0.380 e. The number of rotatable bonds is 6. The molecule has 3 aromatic carbocycles. The van der Waals surface area contributed by atoms with E-state index in [4.69, 9.17) is 0 Å². The molecule has 0 radical (unpaired) electrons. The quantitative estimate of drug-likeness (QED) is 0.489. The Kier molecular flexibility index (Phi) is 5.47. The van der Waals surface area contributed by atoms with Crippen LogP contribution in [-0.2, 0) is 6.54 Å². The van der Waals surface area contributed by atoms with E-state index in [2.05, 4.69) is 10.6 Å². The fourth-order valence-electron chi connectivity index (χ4n) is 2.70. The minimum absolute atomic E-state index is 0.130. The van der Waals surface area contributed by atoms with E-state index >= 15 is 0 Å². The molecule has 0 atom stereocenters. The normalized spacial score (nSPS) is 10.3. The molecule has 0 aliphatic carbocycles. The van der Waals surface area contributed by atoms with Gasteiger partial charge in [0.25, 0.3) is 11.6 Å². The molecule has 27 heavy (non-hydrogen) atoms. The first kappa shape index (κ1) is 18.1. The lowest BCUT2D eigenvalue weighted by Gasteiger charge is -2.13. The highest BCUT2D eigenvalue weighted by Gasteiger charge is 2.17. The number of anilines is 2. The van der Waals surface area contributed by atoms with Crippen molar-refractivity contribution in [2.24, 2.45) is 0 Å². The van der Waals surface area contributed by atoms with Gasteiger partial charge in [0.1, 0.15) is 0 Å². The Balaban J connectivity index is 1.86. The molecule has 2 N–H and O–H groups in total. The van der Waals surface area contributed by atoms with E-state index in [0.717, 1.165) is 11.1 Å². The highest BCUT2D eigenvalue weighted by molar-refractivity contribution is 6.08. The summed E-state index contributed by atoms with van der Waals surface area (Å²) in [6, 6.07) is 21.3. The van der Waals surface area contributed by atoms with E-state index in [9.17, 15) is 14.9 Å². The van der Waals surface area contributed by atoms with Gasteiger partial charge in [-0.3, -0.25) is 14.9 Å². The van der Waals surface area contributed by atoms with Gasteiger partial charge in [-0.15, -0.1) is 0 Å². The number of non-ortho nitro benzene ring substituents is 1. The van der Waals surface area contributed by atoms with Crippen LogP contribution >= 0.6 is 0 Å². The second kappa shape index (κ2) is 8.14. The fraction of sp³-hybridized carbons (Fsp3) is 0.0952. The van der Waals surface area contributed by atoms with Crippen LogP contribution in [0, 0.1) is 17.0 Å². The van der Waals surface area contributed by atoms with Gasteiger partial charge in [0.05, 0.1) is 10.5 Å². The number of aryl methyl sites for hydroxylation is 1. The van der Waals surface area contributed by atoms with Gasteiger partial charge in [-0.2, -0.15) is 0 Å². The first-order valence-electron chi connectivity index (χ1n) is 8.47. The molecule has 0 aromatic heterocycles. The average molecular weight is 361 g/mol. The van der Waals surface area contributed by atoms with E-state index in [1.165, 1.54) is 12.1 Å². The SMILES string of the molecule is Cc1cccc(NC(=O)c2cc([N+](=O)[O-])ccc2NCc2ccccc2)c1. The number of nitrogens with zero attached hydrogens (tertiary/aromatic N) is 1. The summed E-state index contributed by atoms with van der Waals surface area (Å²) in [7, 11) is 0. The third-order valence-electron chi connectivity index (χ3n) is 4.06. The number of carbonyl (C=O) groups is 1. The minimum atomic E-state index is -0.510. The van der Waals surface area contributed by atoms with Crippen molar-refractivity contribution in [3.05, 3.63) is 99.6 Å². The molecule has 0 unspecified atom stereocenters. The predicted molar refractivity (Wildman–Crippen MR) is 106 cm³/mol. The zero-order chi connectivity index (χ0) is 19.2.